The Bertz CT molecular complexity index is 1270. The van der Waals surface area contributed by atoms with Crippen molar-refractivity contribution in [1.29, 1.82) is 0 Å². The number of piperidine rings is 1. The molecule has 9 heteroatoms. The maximum Gasteiger partial charge on any atom is 0.274 e. The summed E-state index contributed by atoms with van der Waals surface area (Å²) in [6.07, 6.45) is 10.2. The third-order valence-corrected chi connectivity index (χ3v) is 6.02. The number of fused-ring (bicyclic) bond motifs is 1. The number of benzene rings is 1. The molecule has 4 aromatic rings. The molecule has 0 bridgehead atoms. The Morgan fingerprint density at radius 2 is 1.97 bits per heavy atom. The number of carbonyl (C=O) groups is 1. The number of rotatable bonds is 5. The molecule has 1 N–H and O–H groups in total. The molecule has 2 unspecified atom stereocenters. The topological polar surface area (TPSA) is 98.1 Å². The summed E-state index contributed by atoms with van der Waals surface area (Å²) in [4.78, 5) is 33.7. The molecule has 2 atom stereocenters. The van der Waals surface area contributed by atoms with Crippen LogP contribution in [0.1, 0.15) is 35.1 Å². The molecule has 1 aliphatic heterocycles. The molecular formula is C24H25N7O2. The van der Waals surface area contributed by atoms with Crippen molar-refractivity contribution in [2.24, 2.45) is 7.05 Å². The first-order valence-corrected chi connectivity index (χ1v) is 10.9. The van der Waals surface area contributed by atoms with Crippen molar-refractivity contribution in [2.75, 3.05) is 13.6 Å². The quantitative estimate of drug-likeness (QED) is 0.474. The van der Waals surface area contributed by atoms with Crippen molar-refractivity contribution in [3.63, 3.8) is 0 Å². The standard InChI is InChI=1S/C24H25N7O2/c1-30-10-7-20(33-29-24(32)16-5-8-25-9-6-16)12-22(30)23-26-13-18-4-3-17(11-21(18)28-23)19-14-27-31(2)15-19/h3-6,8-9,11,13-15,20,22H,7,10,12H2,1-2H3,(H,29,32). The summed E-state index contributed by atoms with van der Waals surface area (Å²) < 4.78 is 1.79. The monoisotopic (exact) mass is 443 g/mol. The molecule has 9 nitrogen and oxygen atoms in total. The molecular weight excluding hydrogens is 418 g/mol. The summed E-state index contributed by atoms with van der Waals surface area (Å²) >= 11 is 0. The van der Waals surface area contributed by atoms with E-state index in [1.807, 2.05) is 31.7 Å². The summed E-state index contributed by atoms with van der Waals surface area (Å²) in [6.45, 7) is 0.817. The number of carbonyl (C=O) groups excluding carboxylic acids is 1. The average molecular weight is 444 g/mol. The first-order chi connectivity index (χ1) is 16.1. The van der Waals surface area contributed by atoms with Gasteiger partial charge in [0.25, 0.3) is 5.91 Å². The lowest BCUT2D eigenvalue weighted by atomic mass is 9.99. The Kier molecular flexibility index (Phi) is 5.80. The minimum atomic E-state index is -0.280. The largest absolute Gasteiger partial charge is 0.296 e. The van der Waals surface area contributed by atoms with Crippen LogP contribution in [-0.4, -0.2) is 55.2 Å². The molecule has 0 spiro atoms. The number of amides is 1. The van der Waals surface area contributed by atoms with Gasteiger partial charge >= 0.3 is 0 Å². The van der Waals surface area contributed by atoms with Crippen molar-refractivity contribution in [1.82, 2.24) is 35.1 Å². The number of likely N-dealkylation sites (tertiary alicyclic amines) is 1. The molecule has 3 aromatic heterocycles. The van der Waals surface area contributed by atoms with Crippen molar-refractivity contribution in [3.05, 3.63) is 72.7 Å². The Morgan fingerprint density at radius 3 is 2.76 bits per heavy atom. The van der Waals surface area contributed by atoms with Gasteiger partial charge in [0.05, 0.1) is 23.9 Å². The molecule has 1 amide bonds. The van der Waals surface area contributed by atoms with Gasteiger partial charge in [0.15, 0.2) is 0 Å². The van der Waals surface area contributed by atoms with Crippen molar-refractivity contribution in [2.45, 2.75) is 25.0 Å². The zero-order valence-electron chi connectivity index (χ0n) is 18.5. The summed E-state index contributed by atoms with van der Waals surface area (Å²) in [6, 6.07) is 9.46. The van der Waals surface area contributed by atoms with E-state index in [4.69, 9.17) is 9.82 Å². The first kappa shape index (κ1) is 21.2. The maximum atomic E-state index is 12.3. The van der Waals surface area contributed by atoms with E-state index in [0.29, 0.717) is 12.0 Å². The number of aromatic nitrogens is 5. The Hall–Kier alpha value is -3.69. The summed E-state index contributed by atoms with van der Waals surface area (Å²) in [5, 5.41) is 5.25. The lowest BCUT2D eigenvalue weighted by Crippen LogP contribution is -2.41. The van der Waals surface area contributed by atoms with Crippen LogP contribution in [0, 0.1) is 0 Å². The second kappa shape index (κ2) is 9.05. The highest BCUT2D eigenvalue weighted by atomic mass is 16.7. The van der Waals surface area contributed by atoms with Gasteiger partial charge in [0.2, 0.25) is 0 Å². The number of hydroxylamine groups is 1. The van der Waals surface area contributed by atoms with Gasteiger partial charge in [-0.1, -0.05) is 12.1 Å². The van der Waals surface area contributed by atoms with Gasteiger partial charge in [0.1, 0.15) is 5.82 Å². The molecule has 168 valence electrons. The molecule has 4 heterocycles. The summed E-state index contributed by atoms with van der Waals surface area (Å²) in [5.41, 5.74) is 6.10. The van der Waals surface area contributed by atoms with Crippen LogP contribution >= 0.6 is 0 Å². The van der Waals surface area contributed by atoms with E-state index >= 15 is 0 Å². The lowest BCUT2D eigenvalue weighted by Gasteiger charge is -2.35. The minimum Gasteiger partial charge on any atom is -0.296 e. The van der Waals surface area contributed by atoms with Gasteiger partial charge in [0, 0.05) is 54.9 Å². The molecule has 1 saturated heterocycles. The summed E-state index contributed by atoms with van der Waals surface area (Å²) in [7, 11) is 3.97. The SMILES string of the molecule is CN1CCC(ONC(=O)c2ccncc2)CC1c1ncc2ccc(-c3cnn(C)c3)cc2n1. The first-order valence-electron chi connectivity index (χ1n) is 10.9. The molecule has 0 radical (unpaired) electrons. The van der Waals surface area contributed by atoms with Crippen LogP contribution < -0.4 is 5.48 Å². The van der Waals surface area contributed by atoms with Crippen LogP contribution in [0.2, 0.25) is 0 Å². The van der Waals surface area contributed by atoms with E-state index in [1.54, 1.807) is 29.2 Å². The normalized spacial score (nSPS) is 19.0. The van der Waals surface area contributed by atoms with Crippen LogP contribution in [0.4, 0.5) is 0 Å². The molecule has 33 heavy (non-hydrogen) atoms. The number of nitrogens with one attached hydrogen (secondary N) is 1. The predicted octanol–water partition coefficient (Wildman–Crippen LogP) is 2.92. The van der Waals surface area contributed by atoms with Crippen molar-refractivity contribution in [3.8, 4) is 11.1 Å². The maximum absolute atomic E-state index is 12.3. The average Bonchev–Trinajstić information content (AvgIpc) is 3.29. The van der Waals surface area contributed by atoms with Crippen LogP contribution in [0.15, 0.2) is 61.3 Å². The Balaban J connectivity index is 1.32. The minimum absolute atomic E-state index is 0.00646. The number of nitrogens with zero attached hydrogens (tertiary/aromatic N) is 6. The smallest absolute Gasteiger partial charge is 0.274 e. The van der Waals surface area contributed by atoms with Gasteiger partial charge in [-0.15, -0.1) is 0 Å². The zero-order chi connectivity index (χ0) is 22.8. The highest BCUT2D eigenvalue weighted by Gasteiger charge is 2.30. The number of pyridine rings is 1. The fourth-order valence-electron chi connectivity index (χ4n) is 4.11. The van der Waals surface area contributed by atoms with Crippen molar-refractivity contribution >= 4 is 16.8 Å². The third-order valence-electron chi connectivity index (χ3n) is 6.02. The highest BCUT2D eigenvalue weighted by Crippen LogP contribution is 2.30. The summed E-state index contributed by atoms with van der Waals surface area (Å²) in [5.74, 6) is 0.472. The lowest BCUT2D eigenvalue weighted by molar-refractivity contribution is -0.0547. The van der Waals surface area contributed by atoms with E-state index in [2.05, 4.69) is 44.6 Å². The van der Waals surface area contributed by atoms with Crippen LogP contribution in [0.25, 0.3) is 22.0 Å². The van der Waals surface area contributed by atoms with Gasteiger partial charge in [-0.25, -0.2) is 15.4 Å². The molecule has 0 aliphatic carbocycles. The van der Waals surface area contributed by atoms with Crippen LogP contribution in [0.3, 0.4) is 0 Å². The number of hydrogen-bond donors (Lipinski definition) is 1. The zero-order valence-corrected chi connectivity index (χ0v) is 18.5. The molecule has 1 aliphatic rings. The van der Waals surface area contributed by atoms with Crippen molar-refractivity contribution < 1.29 is 9.63 Å². The van der Waals surface area contributed by atoms with Gasteiger partial charge < -0.3 is 0 Å². The van der Waals surface area contributed by atoms with E-state index in [-0.39, 0.29) is 18.1 Å². The van der Waals surface area contributed by atoms with E-state index < -0.39 is 0 Å². The van der Waals surface area contributed by atoms with Gasteiger partial charge in [-0.05, 0) is 43.7 Å². The molecule has 0 saturated carbocycles. The van der Waals surface area contributed by atoms with Crippen LogP contribution in [-0.2, 0) is 11.9 Å². The molecule has 1 aromatic carbocycles. The second-order valence-electron chi connectivity index (χ2n) is 8.33. The molecule has 5 rings (SSSR count). The van der Waals surface area contributed by atoms with Crippen LogP contribution in [0.5, 0.6) is 0 Å². The van der Waals surface area contributed by atoms with E-state index in [1.165, 1.54) is 0 Å². The number of aryl methyl sites for hydroxylation is 1. The fourth-order valence-corrected chi connectivity index (χ4v) is 4.11. The van der Waals surface area contributed by atoms with E-state index in [9.17, 15) is 4.79 Å². The van der Waals surface area contributed by atoms with E-state index in [0.717, 1.165) is 40.8 Å². The third kappa shape index (κ3) is 4.59. The Labute approximate surface area is 191 Å². The number of hydrogen-bond acceptors (Lipinski definition) is 7. The van der Waals surface area contributed by atoms with Gasteiger partial charge in [-0.2, -0.15) is 5.10 Å². The fraction of sp³-hybridized carbons (Fsp3) is 0.292. The predicted molar refractivity (Wildman–Crippen MR) is 123 cm³/mol. The highest BCUT2D eigenvalue weighted by molar-refractivity contribution is 5.93. The Morgan fingerprint density at radius 1 is 1.12 bits per heavy atom. The van der Waals surface area contributed by atoms with Gasteiger partial charge in [-0.3, -0.25) is 24.2 Å². The second-order valence-corrected chi connectivity index (χ2v) is 8.33. The molecule has 1 fully saturated rings.